The third kappa shape index (κ3) is 2.80. The van der Waals surface area contributed by atoms with Crippen molar-refractivity contribution < 1.29 is 0 Å². The largest absolute Gasteiger partial charge is 0.329 e. The summed E-state index contributed by atoms with van der Waals surface area (Å²) in [4.78, 5) is 1.47. The van der Waals surface area contributed by atoms with Crippen LogP contribution in [0.5, 0.6) is 0 Å². The Hall–Kier alpha value is -0.380. The summed E-state index contributed by atoms with van der Waals surface area (Å²) in [6, 6.07) is 2.19. The number of hydrogen-bond donors (Lipinski definition) is 2. The Bertz CT molecular complexity index is 279. The van der Waals surface area contributed by atoms with Crippen molar-refractivity contribution in [1.82, 2.24) is 5.32 Å². The van der Waals surface area contributed by atoms with Crippen LogP contribution in [0, 0.1) is 6.92 Å². The number of hydrogen-bond acceptors (Lipinski definition) is 3. The van der Waals surface area contributed by atoms with E-state index in [-0.39, 0.29) is 5.41 Å². The monoisotopic (exact) mass is 212 g/mol. The first-order valence-corrected chi connectivity index (χ1v) is 5.91. The molecule has 0 unspecified atom stereocenters. The summed E-state index contributed by atoms with van der Waals surface area (Å²) < 4.78 is 0. The van der Waals surface area contributed by atoms with Crippen LogP contribution in [-0.4, -0.2) is 19.6 Å². The van der Waals surface area contributed by atoms with E-state index in [0.29, 0.717) is 6.54 Å². The number of nitrogens with two attached hydrogens (primary N) is 1. The predicted molar refractivity (Wildman–Crippen MR) is 64.0 cm³/mol. The van der Waals surface area contributed by atoms with E-state index >= 15 is 0 Å². The van der Waals surface area contributed by atoms with Gasteiger partial charge in [-0.05, 0) is 23.9 Å². The molecule has 1 rings (SSSR count). The van der Waals surface area contributed by atoms with Crippen LogP contribution in [0.2, 0.25) is 0 Å². The molecule has 0 saturated heterocycles. The summed E-state index contributed by atoms with van der Waals surface area (Å²) in [5, 5.41) is 5.53. The first kappa shape index (κ1) is 11.7. The summed E-state index contributed by atoms with van der Waals surface area (Å²) in [5.74, 6) is 0. The maximum Gasteiger partial charge on any atom is 0.0143 e. The molecule has 0 atom stereocenters. The molecule has 0 aliphatic carbocycles. The lowest BCUT2D eigenvalue weighted by atomic mass is 9.89. The smallest absolute Gasteiger partial charge is 0.0143 e. The number of thiophene rings is 1. The van der Waals surface area contributed by atoms with E-state index in [0.717, 1.165) is 13.1 Å². The van der Waals surface area contributed by atoms with E-state index in [2.05, 4.69) is 37.5 Å². The lowest BCUT2D eigenvalue weighted by Gasteiger charge is -2.24. The second kappa shape index (κ2) is 4.91. The molecule has 1 heterocycles. The highest BCUT2D eigenvalue weighted by Crippen LogP contribution is 2.30. The molecule has 3 N–H and O–H groups in total. The van der Waals surface area contributed by atoms with Crippen molar-refractivity contribution in [3.63, 3.8) is 0 Å². The van der Waals surface area contributed by atoms with Crippen LogP contribution in [0.4, 0.5) is 0 Å². The molecule has 1 aromatic rings. The molecule has 0 amide bonds. The molecule has 0 bridgehead atoms. The highest BCUT2D eigenvalue weighted by atomic mass is 32.1. The van der Waals surface area contributed by atoms with Gasteiger partial charge in [0.2, 0.25) is 0 Å². The Kier molecular flexibility index (Phi) is 4.11. The van der Waals surface area contributed by atoms with Crippen molar-refractivity contribution in [2.75, 3.05) is 19.6 Å². The maximum absolute atomic E-state index is 5.45. The van der Waals surface area contributed by atoms with Crippen LogP contribution < -0.4 is 11.1 Å². The summed E-state index contributed by atoms with van der Waals surface area (Å²) in [7, 11) is 0. The first-order valence-electron chi connectivity index (χ1n) is 5.03. The average Bonchev–Trinajstić information content (AvgIpc) is 2.52. The summed E-state index contributed by atoms with van der Waals surface area (Å²) in [5.41, 5.74) is 7.06. The van der Waals surface area contributed by atoms with Crippen LogP contribution in [0.15, 0.2) is 11.4 Å². The van der Waals surface area contributed by atoms with Gasteiger partial charge < -0.3 is 11.1 Å². The van der Waals surface area contributed by atoms with Crippen LogP contribution in [0.25, 0.3) is 0 Å². The molecule has 3 heteroatoms. The summed E-state index contributed by atoms with van der Waals surface area (Å²) in [6.07, 6.45) is 0. The normalized spacial score (nSPS) is 12.0. The summed E-state index contributed by atoms with van der Waals surface area (Å²) >= 11 is 1.84. The molecule has 80 valence electrons. The van der Waals surface area contributed by atoms with Crippen molar-refractivity contribution in [3.05, 3.63) is 21.9 Å². The highest BCUT2D eigenvalue weighted by Gasteiger charge is 2.22. The van der Waals surface area contributed by atoms with Gasteiger partial charge in [-0.3, -0.25) is 0 Å². The van der Waals surface area contributed by atoms with Gasteiger partial charge in [0.05, 0.1) is 0 Å². The molecular weight excluding hydrogens is 192 g/mol. The Morgan fingerprint density at radius 3 is 2.71 bits per heavy atom. The minimum absolute atomic E-state index is 0.216. The number of nitrogens with one attached hydrogen (secondary N) is 1. The van der Waals surface area contributed by atoms with Gasteiger partial charge in [-0.1, -0.05) is 13.8 Å². The third-order valence-electron chi connectivity index (χ3n) is 2.36. The highest BCUT2D eigenvalue weighted by molar-refractivity contribution is 7.10. The molecule has 0 spiro atoms. The quantitative estimate of drug-likeness (QED) is 0.731. The van der Waals surface area contributed by atoms with E-state index in [1.807, 2.05) is 11.3 Å². The van der Waals surface area contributed by atoms with E-state index < -0.39 is 0 Å². The molecule has 14 heavy (non-hydrogen) atoms. The Balaban J connectivity index is 2.61. The standard InChI is InChI=1S/C11H20N2S/c1-9-4-7-14-10(9)11(2,3)8-13-6-5-12/h4,7,13H,5-6,8,12H2,1-3H3. The fourth-order valence-electron chi connectivity index (χ4n) is 1.65. The van der Waals surface area contributed by atoms with Crippen LogP contribution >= 0.6 is 11.3 Å². The second-order valence-electron chi connectivity index (χ2n) is 4.28. The number of aryl methyl sites for hydroxylation is 1. The molecule has 0 saturated carbocycles. The van der Waals surface area contributed by atoms with Gasteiger partial charge >= 0.3 is 0 Å². The zero-order chi connectivity index (χ0) is 10.6. The Morgan fingerprint density at radius 2 is 2.21 bits per heavy atom. The second-order valence-corrected chi connectivity index (χ2v) is 5.20. The molecule has 0 radical (unpaired) electrons. The lowest BCUT2D eigenvalue weighted by Crippen LogP contribution is -2.35. The van der Waals surface area contributed by atoms with Gasteiger partial charge in [0.25, 0.3) is 0 Å². The molecular formula is C11H20N2S. The van der Waals surface area contributed by atoms with Crippen LogP contribution in [-0.2, 0) is 5.41 Å². The minimum Gasteiger partial charge on any atom is -0.329 e. The van der Waals surface area contributed by atoms with E-state index in [1.165, 1.54) is 10.4 Å². The van der Waals surface area contributed by atoms with Gasteiger partial charge in [-0.15, -0.1) is 11.3 Å². The van der Waals surface area contributed by atoms with Gasteiger partial charge in [-0.2, -0.15) is 0 Å². The zero-order valence-corrected chi connectivity index (χ0v) is 10.1. The van der Waals surface area contributed by atoms with E-state index in [1.54, 1.807) is 0 Å². The van der Waals surface area contributed by atoms with Crippen molar-refractivity contribution in [2.45, 2.75) is 26.2 Å². The first-order chi connectivity index (χ1) is 6.58. The minimum atomic E-state index is 0.216. The average molecular weight is 212 g/mol. The topological polar surface area (TPSA) is 38.0 Å². The number of rotatable bonds is 5. The van der Waals surface area contributed by atoms with E-state index in [9.17, 15) is 0 Å². The summed E-state index contributed by atoms with van der Waals surface area (Å²) in [6.45, 7) is 9.32. The molecule has 0 aliphatic heterocycles. The Morgan fingerprint density at radius 1 is 1.50 bits per heavy atom. The zero-order valence-electron chi connectivity index (χ0n) is 9.26. The van der Waals surface area contributed by atoms with Crippen molar-refractivity contribution in [3.8, 4) is 0 Å². The third-order valence-corrected chi connectivity index (χ3v) is 3.75. The van der Waals surface area contributed by atoms with Gasteiger partial charge in [0, 0.05) is 29.9 Å². The van der Waals surface area contributed by atoms with Crippen LogP contribution in [0.1, 0.15) is 24.3 Å². The van der Waals surface area contributed by atoms with E-state index in [4.69, 9.17) is 5.73 Å². The molecule has 2 nitrogen and oxygen atoms in total. The molecule has 1 aromatic heterocycles. The maximum atomic E-state index is 5.45. The predicted octanol–water partition coefficient (Wildman–Crippen LogP) is 1.88. The Labute approximate surface area is 90.5 Å². The van der Waals surface area contributed by atoms with Gasteiger partial charge in [0.1, 0.15) is 0 Å². The van der Waals surface area contributed by atoms with Crippen molar-refractivity contribution >= 4 is 11.3 Å². The SMILES string of the molecule is Cc1ccsc1C(C)(C)CNCCN. The van der Waals surface area contributed by atoms with Gasteiger partial charge in [0.15, 0.2) is 0 Å². The fourth-order valence-corrected chi connectivity index (χ4v) is 2.70. The molecule has 0 aromatic carbocycles. The molecule has 0 aliphatic rings. The van der Waals surface area contributed by atoms with Gasteiger partial charge in [-0.25, -0.2) is 0 Å². The van der Waals surface area contributed by atoms with Crippen LogP contribution in [0.3, 0.4) is 0 Å². The molecule has 0 fully saturated rings. The fraction of sp³-hybridized carbons (Fsp3) is 0.636. The lowest BCUT2D eigenvalue weighted by molar-refractivity contribution is 0.479. The van der Waals surface area contributed by atoms with Crippen molar-refractivity contribution in [2.24, 2.45) is 5.73 Å². The van der Waals surface area contributed by atoms with Crippen molar-refractivity contribution in [1.29, 1.82) is 0 Å².